The molecule has 1 aliphatic carbocycles. The number of anilines is 1. The number of carboxylic acids is 1. The molecule has 34 heavy (non-hydrogen) atoms. The van der Waals surface area contributed by atoms with E-state index in [9.17, 15) is 9.59 Å². The minimum atomic E-state index is -0.709. The number of aryl methyl sites for hydroxylation is 1. The molecule has 8 nitrogen and oxygen atoms in total. The summed E-state index contributed by atoms with van der Waals surface area (Å²) >= 11 is 0. The second kappa shape index (κ2) is 10.5. The smallest absolute Gasteiger partial charge is 0.413 e. The van der Waals surface area contributed by atoms with Gasteiger partial charge in [-0.3, -0.25) is 10.1 Å². The van der Waals surface area contributed by atoms with Crippen LogP contribution in [0.4, 0.5) is 10.6 Å². The molecule has 1 aliphatic rings. The summed E-state index contributed by atoms with van der Waals surface area (Å²) in [5.41, 5.74) is 3.52. The van der Waals surface area contributed by atoms with E-state index in [4.69, 9.17) is 9.84 Å². The number of rotatable bonds is 7. The molecule has 1 saturated carbocycles. The Hall–Kier alpha value is -3.68. The molecule has 4 rings (SSSR count). The molecule has 2 aromatic carbocycles. The van der Waals surface area contributed by atoms with Crippen molar-refractivity contribution in [2.24, 2.45) is 5.92 Å². The average Bonchev–Trinajstić information content (AvgIpc) is 3.19. The number of hydrogen-bond acceptors (Lipinski definition) is 5. The van der Waals surface area contributed by atoms with E-state index in [1.165, 1.54) is 5.56 Å². The topological polar surface area (TPSA) is 106 Å². The fourth-order valence-corrected chi connectivity index (χ4v) is 4.59. The van der Waals surface area contributed by atoms with Gasteiger partial charge in [0.05, 0.1) is 5.69 Å². The first-order chi connectivity index (χ1) is 16.4. The summed E-state index contributed by atoms with van der Waals surface area (Å²) in [7, 11) is 0. The van der Waals surface area contributed by atoms with Crippen LogP contribution in [-0.2, 0) is 9.53 Å². The SMILES string of the molecule is Cc1nnn(-c2ccc(C3CCC(CC(=O)O)CC3)cc2)c1NC(=O)O[C@H](C)c1ccccc1. The maximum Gasteiger partial charge on any atom is 0.413 e. The fourth-order valence-electron chi connectivity index (χ4n) is 4.59. The van der Waals surface area contributed by atoms with Crippen LogP contribution < -0.4 is 5.32 Å². The molecule has 178 valence electrons. The zero-order valence-electron chi connectivity index (χ0n) is 19.5. The second-order valence-corrected chi connectivity index (χ2v) is 8.93. The van der Waals surface area contributed by atoms with E-state index in [1.807, 2.05) is 49.4 Å². The number of carbonyl (C=O) groups is 2. The molecular weight excluding hydrogens is 432 g/mol. The lowest BCUT2D eigenvalue weighted by Gasteiger charge is -2.28. The summed E-state index contributed by atoms with van der Waals surface area (Å²) in [5, 5.41) is 20.1. The third kappa shape index (κ3) is 5.62. The van der Waals surface area contributed by atoms with Crippen LogP contribution in [0.15, 0.2) is 54.6 Å². The van der Waals surface area contributed by atoms with Crippen molar-refractivity contribution in [2.45, 2.75) is 58.0 Å². The van der Waals surface area contributed by atoms with Gasteiger partial charge in [0.2, 0.25) is 0 Å². The van der Waals surface area contributed by atoms with Crippen LogP contribution in [0.25, 0.3) is 5.69 Å². The normalized spacial score (nSPS) is 18.8. The molecule has 0 bridgehead atoms. The number of hydrogen-bond donors (Lipinski definition) is 2. The number of carboxylic acid groups (broad SMARTS) is 1. The maximum absolute atomic E-state index is 12.5. The molecule has 0 saturated heterocycles. The van der Waals surface area contributed by atoms with Gasteiger partial charge in [-0.15, -0.1) is 5.10 Å². The first kappa shape index (κ1) is 23.5. The third-order valence-corrected chi connectivity index (χ3v) is 6.53. The highest BCUT2D eigenvalue weighted by Crippen LogP contribution is 2.37. The van der Waals surface area contributed by atoms with E-state index in [0.717, 1.165) is 36.9 Å². The van der Waals surface area contributed by atoms with Crippen LogP contribution in [-0.4, -0.2) is 32.2 Å². The molecule has 1 amide bonds. The Balaban J connectivity index is 1.40. The summed E-state index contributed by atoms with van der Waals surface area (Å²) < 4.78 is 7.13. The predicted molar refractivity (Wildman–Crippen MR) is 128 cm³/mol. The Bertz CT molecular complexity index is 1120. The Morgan fingerprint density at radius 3 is 2.41 bits per heavy atom. The van der Waals surface area contributed by atoms with Gasteiger partial charge in [-0.05, 0) is 74.6 Å². The Morgan fingerprint density at radius 1 is 1.09 bits per heavy atom. The molecule has 1 aromatic heterocycles. The number of amides is 1. The van der Waals surface area contributed by atoms with Gasteiger partial charge in [-0.2, -0.15) is 4.68 Å². The summed E-state index contributed by atoms with van der Waals surface area (Å²) in [5.74, 6) is 0.471. The van der Waals surface area contributed by atoms with E-state index in [-0.39, 0.29) is 12.3 Å². The highest BCUT2D eigenvalue weighted by atomic mass is 16.6. The van der Waals surface area contributed by atoms with Crippen LogP contribution >= 0.6 is 0 Å². The Morgan fingerprint density at radius 2 is 1.76 bits per heavy atom. The van der Waals surface area contributed by atoms with Crippen LogP contribution in [0, 0.1) is 12.8 Å². The van der Waals surface area contributed by atoms with E-state index >= 15 is 0 Å². The highest BCUT2D eigenvalue weighted by Gasteiger charge is 2.24. The minimum Gasteiger partial charge on any atom is -0.481 e. The van der Waals surface area contributed by atoms with Crippen molar-refractivity contribution in [2.75, 3.05) is 5.32 Å². The zero-order chi connectivity index (χ0) is 24.1. The van der Waals surface area contributed by atoms with Crippen molar-refractivity contribution in [1.29, 1.82) is 0 Å². The fraction of sp³-hybridized carbons (Fsp3) is 0.385. The van der Waals surface area contributed by atoms with Crippen molar-refractivity contribution in [3.63, 3.8) is 0 Å². The van der Waals surface area contributed by atoms with Gasteiger partial charge < -0.3 is 9.84 Å². The first-order valence-electron chi connectivity index (χ1n) is 11.7. The van der Waals surface area contributed by atoms with Gasteiger partial charge in [-0.25, -0.2) is 4.79 Å². The number of nitrogens with one attached hydrogen (secondary N) is 1. The lowest BCUT2D eigenvalue weighted by Crippen LogP contribution is -2.19. The van der Waals surface area contributed by atoms with Crippen LogP contribution in [0.5, 0.6) is 0 Å². The molecule has 0 unspecified atom stereocenters. The standard InChI is InChI=1S/C26H30N4O4/c1-17-25(27-26(33)34-18(2)20-6-4-3-5-7-20)30(29-28-17)23-14-12-22(13-15-23)21-10-8-19(9-11-21)16-24(31)32/h3-7,12-15,18-19,21H,8-11,16H2,1-2H3,(H,27,33)(H,31,32)/t18-,19?,21?/m1/s1. The van der Waals surface area contributed by atoms with E-state index in [2.05, 4.69) is 27.8 Å². The van der Waals surface area contributed by atoms with Crippen LogP contribution in [0.1, 0.15) is 67.9 Å². The Kier molecular flexibility index (Phi) is 7.25. The van der Waals surface area contributed by atoms with Crippen molar-refractivity contribution in [3.8, 4) is 5.69 Å². The molecule has 0 radical (unpaired) electrons. The maximum atomic E-state index is 12.5. The largest absolute Gasteiger partial charge is 0.481 e. The average molecular weight is 463 g/mol. The van der Waals surface area contributed by atoms with E-state index in [0.29, 0.717) is 17.4 Å². The monoisotopic (exact) mass is 462 g/mol. The Labute approximate surface area is 198 Å². The van der Waals surface area contributed by atoms with Gasteiger partial charge >= 0.3 is 12.1 Å². The molecule has 2 N–H and O–H groups in total. The number of nitrogens with zero attached hydrogens (tertiary/aromatic N) is 3. The molecule has 1 fully saturated rings. The van der Waals surface area contributed by atoms with E-state index < -0.39 is 18.2 Å². The summed E-state index contributed by atoms with van der Waals surface area (Å²) in [6.07, 6.45) is 3.18. The van der Waals surface area contributed by atoms with Gasteiger partial charge in [-0.1, -0.05) is 47.7 Å². The van der Waals surface area contributed by atoms with Crippen LogP contribution in [0.2, 0.25) is 0 Å². The molecule has 0 aliphatic heterocycles. The van der Waals surface area contributed by atoms with E-state index in [1.54, 1.807) is 11.6 Å². The van der Waals surface area contributed by atoms with Gasteiger partial charge in [0, 0.05) is 6.42 Å². The number of aromatic nitrogens is 3. The van der Waals surface area contributed by atoms with Crippen molar-refractivity contribution >= 4 is 17.9 Å². The minimum absolute atomic E-state index is 0.264. The molecular formula is C26H30N4O4. The van der Waals surface area contributed by atoms with Gasteiger partial charge in [0.1, 0.15) is 11.8 Å². The van der Waals surface area contributed by atoms with Crippen molar-refractivity contribution in [1.82, 2.24) is 15.0 Å². The van der Waals surface area contributed by atoms with Crippen molar-refractivity contribution < 1.29 is 19.4 Å². The highest BCUT2D eigenvalue weighted by molar-refractivity contribution is 5.84. The van der Waals surface area contributed by atoms with Crippen molar-refractivity contribution in [3.05, 3.63) is 71.4 Å². The summed E-state index contributed by atoms with van der Waals surface area (Å²) in [6, 6.07) is 17.6. The third-order valence-electron chi connectivity index (χ3n) is 6.53. The lowest BCUT2D eigenvalue weighted by molar-refractivity contribution is -0.138. The zero-order valence-corrected chi connectivity index (χ0v) is 19.5. The first-order valence-corrected chi connectivity index (χ1v) is 11.7. The quantitative estimate of drug-likeness (QED) is 0.471. The second-order valence-electron chi connectivity index (χ2n) is 8.93. The molecule has 1 atom stereocenters. The predicted octanol–water partition coefficient (Wildman–Crippen LogP) is 5.63. The molecule has 1 heterocycles. The summed E-state index contributed by atoms with van der Waals surface area (Å²) in [6.45, 7) is 3.61. The van der Waals surface area contributed by atoms with Gasteiger partial charge in [0.15, 0.2) is 5.82 Å². The summed E-state index contributed by atoms with van der Waals surface area (Å²) in [4.78, 5) is 23.5. The molecule has 0 spiro atoms. The van der Waals surface area contributed by atoms with Crippen LogP contribution in [0.3, 0.4) is 0 Å². The number of benzene rings is 2. The number of ether oxygens (including phenoxy) is 1. The molecule has 8 heteroatoms. The number of carbonyl (C=O) groups excluding carboxylic acids is 1. The molecule has 3 aromatic rings. The lowest BCUT2D eigenvalue weighted by atomic mass is 9.77. The van der Waals surface area contributed by atoms with Gasteiger partial charge in [0.25, 0.3) is 0 Å². The number of aliphatic carboxylic acids is 1.